The van der Waals surface area contributed by atoms with Crippen LogP contribution in [0.5, 0.6) is 5.75 Å². The molecule has 0 aliphatic carbocycles. The molecule has 2 amide bonds. The summed E-state index contributed by atoms with van der Waals surface area (Å²) >= 11 is 3.61. The van der Waals surface area contributed by atoms with Gasteiger partial charge in [-0.3, -0.25) is 9.59 Å². The van der Waals surface area contributed by atoms with Crippen molar-refractivity contribution in [2.24, 2.45) is 0 Å². The van der Waals surface area contributed by atoms with Gasteiger partial charge in [-0.1, -0.05) is 88.4 Å². The topological polar surface area (TPSA) is 58.6 Å². The van der Waals surface area contributed by atoms with Crippen molar-refractivity contribution < 1.29 is 14.3 Å². The van der Waals surface area contributed by atoms with Crippen LogP contribution in [0.4, 0.5) is 0 Å². The molecule has 2 atom stereocenters. The molecule has 0 heterocycles. The van der Waals surface area contributed by atoms with E-state index >= 15 is 0 Å². The van der Waals surface area contributed by atoms with E-state index in [0.717, 1.165) is 27.6 Å². The Kier molecular flexibility index (Phi) is 10.8. The number of halogens is 1. The monoisotopic (exact) mass is 592 g/mol. The van der Waals surface area contributed by atoms with Crippen molar-refractivity contribution in [2.45, 2.75) is 78.4 Å². The molecule has 6 heteroatoms. The van der Waals surface area contributed by atoms with Crippen LogP contribution in [0.1, 0.15) is 63.3 Å². The summed E-state index contributed by atoms with van der Waals surface area (Å²) in [7, 11) is 0. The third-order valence-corrected chi connectivity index (χ3v) is 7.64. The zero-order valence-electron chi connectivity index (χ0n) is 24.0. The first kappa shape index (κ1) is 30.4. The fraction of sp³-hybridized carbons (Fsp3) is 0.394. The number of rotatable bonds is 11. The molecular formula is C33H41BrN2O3. The second-order valence-electron chi connectivity index (χ2n) is 11.2. The molecule has 0 bridgehead atoms. The average Bonchev–Trinajstić information content (AvgIpc) is 2.90. The van der Waals surface area contributed by atoms with Gasteiger partial charge in [-0.25, -0.2) is 0 Å². The van der Waals surface area contributed by atoms with Crippen molar-refractivity contribution >= 4 is 27.7 Å². The first-order chi connectivity index (χ1) is 18.5. The predicted octanol–water partition coefficient (Wildman–Crippen LogP) is 6.99. The van der Waals surface area contributed by atoms with Crippen LogP contribution in [-0.2, 0) is 28.0 Å². The second kappa shape index (κ2) is 13.8. The smallest absolute Gasteiger partial charge is 0.261 e. The van der Waals surface area contributed by atoms with Crippen LogP contribution in [0.3, 0.4) is 0 Å². The van der Waals surface area contributed by atoms with Crippen LogP contribution in [0.25, 0.3) is 0 Å². The number of hydrogen-bond donors (Lipinski definition) is 1. The van der Waals surface area contributed by atoms with Crippen molar-refractivity contribution in [1.29, 1.82) is 0 Å². The van der Waals surface area contributed by atoms with Crippen LogP contribution in [0.2, 0.25) is 0 Å². The zero-order chi connectivity index (χ0) is 28.6. The fourth-order valence-electron chi connectivity index (χ4n) is 4.27. The van der Waals surface area contributed by atoms with Crippen molar-refractivity contribution in [3.05, 3.63) is 99.5 Å². The van der Waals surface area contributed by atoms with Crippen LogP contribution in [0, 0.1) is 6.92 Å². The van der Waals surface area contributed by atoms with E-state index in [0.29, 0.717) is 18.7 Å². The van der Waals surface area contributed by atoms with E-state index in [2.05, 4.69) is 42.0 Å². The Hall–Kier alpha value is -3.12. The molecule has 0 spiro atoms. The van der Waals surface area contributed by atoms with Gasteiger partial charge in [0.05, 0.1) is 4.47 Å². The van der Waals surface area contributed by atoms with E-state index in [1.165, 1.54) is 5.56 Å². The molecule has 0 aliphatic heterocycles. The molecule has 1 N–H and O–H groups in total. The van der Waals surface area contributed by atoms with E-state index in [1.54, 1.807) is 4.90 Å². The molecule has 39 heavy (non-hydrogen) atoms. The summed E-state index contributed by atoms with van der Waals surface area (Å²) in [6, 6.07) is 23.0. The van der Waals surface area contributed by atoms with E-state index in [-0.39, 0.29) is 29.9 Å². The maximum Gasteiger partial charge on any atom is 0.261 e. The largest absolute Gasteiger partial charge is 0.483 e. The Morgan fingerprint density at radius 3 is 2.28 bits per heavy atom. The van der Waals surface area contributed by atoms with Gasteiger partial charge in [-0.2, -0.15) is 0 Å². The summed E-state index contributed by atoms with van der Waals surface area (Å²) in [4.78, 5) is 29.2. The van der Waals surface area contributed by atoms with Crippen LogP contribution in [-0.4, -0.2) is 35.4 Å². The third kappa shape index (κ3) is 8.69. The van der Waals surface area contributed by atoms with E-state index < -0.39 is 6.04 Å². The van der Waals surface area contributed by atoms with Gasteiger partial charge in [-0.15, -0.1) is 0 Å². The minimum atomic E-state index is -0.691. The molecule has 0 radical (unpaired) electrons. The van der Waals surface area contributed by atoms with Crippen LogP contribution >= 0.6 is 15.9 Å². The normalized spacial score (nSPS) is 12.9. The Labute approximate surface area is 242 Å². The highest BCUT2D eigenvalue weighted by atomic mass is 79.9. The average molecular weight is 594 g/mol. The van der Waals surface area contributed by atoms with Gasteiger partial charge in [0, 0.05) is 19.0 Å². The molecule has 0 fully saturated rings. The number of ether oxygens (including phenoxy) is 1. The first-order valence-electron chi connectivity index (χ1n) is 13.6. The number of benzene rings is 3. The SMILES string of the molecule is CC[C@@H](C)NC(=O)[C@H](Cc1ccccc1)N(Cc1ccccc1C)C(=O)COc1ccc(C(C)(C)C)cc1Br. The fourth-order valence-corrected chi connectivity index (χ4v) is 4.77. The quantitative estimate of drug-likeness (QED) is 0.261. The summed E-state index contributed by atoms with van der Waals surface area (Å²) in [5.41, 5.74) is 4.22. The number of nitrogens with one attached hydrogen (secondary N) is 1. The second-order valence-corrected chi connectivity index (χ2v) is 12.0. The molecule has 208 valence electrons. The maximum absolute atomic E-state index is 13.9. The molecule has 0 aromatic heterocycles. The Bertz CT molecular complexity index is 1250. The summed E-state index contributed by atoms with van der Waals surface area (Å²) in [5, 5.41) is 3.11. The number of hydrogen-bond acceptors (Lipinski definition) is 3. The van der Waals surface area contributed by atoms with Gasteiger partial charge < -0.3 is 15.0 Å². The van der Waals surface area contributed by atoms with Gasteiger partial charge in [-0.05, 0) is 76.0 Å². The van der Waals surface area contributed by atoms with Crippen molar-refractivity contribution in [3.63, 3.8) is 0 Å². The standard InChI is InChI=1S/C33H41BrN2O3/c1-7-24(3)35-32(38)29(19-25-14-9-8-10-15-25)36(21-26-16-12-11-13-23(26)2)31(37)22-39-30-18-17-27(20-28(30)34)33(4,5)6/h8-18,20,24,29H,7,19,21-22H2,1-6H3,(H,35,38)/t24-,29+/m1/s1. The number of carbonyl (C=O) groups is 2. The molecule has 3 aromatic rings. The van der Waals surface area contributed by atoms with E-state index in [4.69, 9.17) is 4.74 Å². The number of aryl methyl sites for hydroxylation is 1. The minimum absolute atomic E-state index is 0.000256. The van der Waals surface area contributed by atoms with Gasteiger partial charge in [0.2, 0.25) is 5.91 Å². The Morgan fingerprint density at radius 1 is 1.00 bits per heavy atom. The van der Waals surface area contributed by atoms with Crippen molar-refractivity contribution in [1.82, 2.24) is 10.2 Å². The van der Waals surface area contributed by atoms with Gasteiger partial charge >= 0.3 is 0 Å². The summed E-state index contributed by atoms with van der Waals surface area (Å²) in [6.07, 6.45) is 1.21. The van der Waals surface area contributed by atoms with Gasteiger partial charge in [0.25, 0.3) is 5.91 Å². The molecule has 0 saturated heterocycles. The lowest BCUT2D eigenvalue weighted by atomic mass is 9.87. The highest BCUT2D eigenvalue weighted by Gasteiger charge is 2.31. The van der Waals surface area contributed by atoms with Crippen molar-refractivity contribution in [2.75, 3.05) is 6.61 Å². The number of carbonyl (C=O) groups excluding carboxylic acids is 2. The Balaban J connectivity index is 1.93. The molecule has 5 nitrogen and oxygen atoms in total. The van der Waals surface area contributed by atoms with E-state index in [9.17, 15) is 9.59 Å². The molecule has 0 aliphatic rings. The highest BCUT2D eigenvalue weighted by Crippen LogP contribution is 2.31. The summed E-state index contributed by atoms with van der Waals surface area (Å²) in [5.74, 6) is 0.187. The van der Waals surface area contributed by atoms with Crippen LogP contribution < -0.4 is 10.1 Å². The predicted molar refractivity (Wildman–Crippen MR) is 162 cm³/mol. The molecule has 3 rings (SSSR count). The minimum Gasteiger partial charge on any atom is -0.483 e. The summed E-state index contributed by atoms with van der Waals surface area (Å²) < 4.78 is 6.82. The van der Waals surface area contributed by atoms with Crippen LogP contribution in [0.15, 0.2) is 77.3 Å². The van der Waals surface area contributed by atoms with E-state index in [1.807, 2.05) is 93.6 Å². The lowest BCUT2D eigenvalue weighted by Gasteiger charge is -2.32. The van der Waals surface area contributed by atoms with Gasteiger partial charge in [0.15, 0.2) is 6.61 Å². The maximum atomic E-state index is 13.9. The summed E-state index contributed by atoms with van der Waals surface area (Å²) in [6.45, 7) is 12.6. The first-order valence-corrected chi connectivity index (χ1v) is 14.4. The zero-order valence-corrected chi connectivity index (χ0v) is 25.5. The molecule has 0 saturated carbocycles. The Morgan fingerprint density at radius 2 is 1.67 bits per heavy atom. The molecule has 3 aromatic carbocycles. The van der Waals surface area contributed by atoms with Gasteiger partial charge in [0.1, 0.15) is 11.8 Å². The lowest BCUT2D eigenvalue weighted by molar-refractivity contribution is -0.143. The molecular weight excluding hydrogens is 552 g/mol. The highest BCUT2D eigenvalue weighted by molar-refractivity contribution is 9.10. The molecule has 0 unspecified atom stereocenters. The number of nitrogens with zero attached hydrogens (tertiary/aromatic N) is 1. The van der Waals surface area contributed by atoms with Crippen molar-refractivity contribution in [3.8, 4) is 5.75 Å². The third-order valence-electron chi connectivity index (χ3n) is 7.02. The number of amides is 2. The lowest BCUT2D eigenvalue weighted by Crippen LogP contribution is -2.53.